The Hall–Kier alpha value is -0.810. The standard InChI is InChI=1S/C15H20ClNO3/c16-12-1-2-14-11(7-12)8-13(20-14)9-17-10-15(18)3-5-19-6-4-15/h1-2,7,13,17-18H,3-6,8-10H2. The number of benzene rings is 1. The highest BCUT2D eigenvalue weighted by Crippen LogP contribution is 2.30. The number of halogens is 1. The first-order valence-electron chi connectivity index (χ1n) is 7.11. The molecule has 1 atom stereocenters. The molecule has 0 spiro atoms. The molecule has 3 rings (SSSR count). The van der Waals surface area contributed by atoms with Crippen molar-refractivity contribution in [1.82, 2.24) is 5.32 Å². The van der Waals surface area contributed by atoms with Crippen LogP contribution in [0.3, 0.4) is 0 Å². The zero-order valence-corrected chi connectivity index (χ0v) is 12.2. The third-order valence-corrected chi connectivity index (χ3v) is 4.25. The number of aliphatic hydroxyl groups is 1. The Morgan fingerprint density at radius 1 is 1.35 bits per heavy atom. The lowest BCUT2D eigenvalue weighted by molar-refractivity contribution is -0.0620. The largest absolute Gasteiger partial charge is 0.488 e. The quantitative estimate of drug-likeness (QED) is 0.889. The molecule has 4 nitrogen and oxygen atoms in total. The summed E-state index contributed by atoms with van der Waals surface area (Å²) in [7, 11) is 0. The maximum absolute atomic E-state index is 10.4. The summed E-state index contributed by atoms with van der Waals surface area (Å²) in [6.07, 6.45) is 2.37. The molecule has 2 aliphatic rings. The second kappa shape index (κ2) is 5.90. The summed E-state index contributed by atoms with van der Waals surface area (Å²) in [6.45, 7) is 2.60. The van der Waals surface area contributed by atoms with Crippen molar-refractivity contribution < 1.29 is 14.6 Å². The van der Waals surface area contributed by atoms with Crippen LogP contribution in [0.5, 0.6) is 5.75 Å². The van der Waals surface area contributed by atoms with Crippen LogP contribution in [0.15, 0.2) is 18.2 Å². The van der Waals surface area contributed by atoms with Gasteiger partial charge in [-0.3, -0.25) is 0 Å². The van der Waals surface area contributed by atoms with Gasteiger partial charge < -0.3 is 19.9 Å². The van der Waals surface area contributed by atoms with Gasteiger partial charge in [-0.2, -0.15) is 0 Å². The minimum Gasteiger partial charge on any atom is -0.488 e. The van der Waals surface area contributed by atoms with Gasteiger partial charge in [-0.25, -0.2) is 0 Å². The Morgan fingerprint density at radius 3 is 2.95 bits per heavy atom. The first kappa shape index (κ1) is 14.1. The van der Waals surface area contributed by atoms with Crippen LogP contribution >= 0.6 is 11.6 Å². The fraction of sp³-hybridized carbons (Fsp3) is 0.600. The van der Waals surface area contributed by atoms with Gasteiger partial charge in [0.2, 0.25) is 0 Å². The summed E-state index contributed by atoms with van der Waals surface area (Å²) in [6, 6.07) is 5.73. The summed E-state index contributed by atoms with van der Waals surface area (Å²) >= 11 is 5.98. The minimum atomic E-state index is -0.632. The van der Waals surface area contributed by atoms with Crippen LogP contribution in [-0.2, 0) is 11.2 Å². The summed E-state index contributed by atoms with van der Waals surface area (Å²) in [4.78, 5) is 0. The van der Waals surface area contributed by atoms with Gasteiger partial charge in [0.05, 0.1) is 5.60 Å². The van der Waals surface area contributed by atoms with Crippen molar-refractivity contribution in [3.05, 3.63) is 28.8 Å². The van der Waals surface area contributed by atoms with Gasteiger partial charge in [0.25, 0.3) is 0 Å². The van der Waals surface area contributed by atoms with Crippen molar-refractivity contribution in [2.45, 2.75) is 31.0 Å². The molecule has 1 unspecified atom stereocenters. The predicted octanol–water partition coefficient (Wildman–Crippen LogP) is 1.77. The highest BCUT2D eigenvalue weighted by Gasteiger charge is 2.30. The summed E-state index contributed by atoms with van der Waals surface area (Å²) in [5, 5.41) is 14.4. The minimum absolute atomic E-state index is 0.118. The van der Waals surface area contributed by atoms with E-state index in [2.05, 4.69) is 5.32 Å². The molecular weight excluding hydrogens is 278 g/mol. The monoisotopic (exact) mass is 297 g/mol. The maximum Gasteiger partial charge on any atom is 0.123 e. The average Bonchev–Trinajstić information content (AvgIpc) is 2.81. The Labute approximate surface area is 124 Å². The van der Waals surface area contributed by atoms with E-state index in [-0.39, 0.29) is 6.10 Å². The summed E-state index contributed by atoms with van der Waals surface area (Å²) < 4.78 is 11.1. The molecule has 110 valence electrons. The second-order valence-corrected chi connectivity index (χ2v) is 6.10. The predicted molar refractivity (Wildman–Crippen MR) is 77.4 cm³/mol. The number of fused-ring (bicyclic) bond motifs is 1. The maximum atomic E-state index is 10.4. The molecule has 1 fully saturated rings. The Bertz CT molecular complexity index is 474. The SMILES string of the molecule is OC1(CNCC2Cc3cc(Cl)ccc3O2)CCOCC1. The average molecular weight is 298 g/mol. The molecular formula is C15H20ClNO3. The first-order chi connectivity index (χ1) is 9.65. The van der Waals surface area contributed by atoms with E-state index in [0.29, 0.717) is 32.6 Å². The van der Waals surface area contributed by atoms with Gasteiger partial charge in [0.1, 0.15) is 11.9 Å². The molecule has 1 saturated heterocycles. The van der Waals surface area contributed by atoms with E-state index in [0.717, 1.165) is 29.3 Å². The van der Waals surface area contributed by atoms with Crippen LogP contribution in [-0.4, -0.2) is 43.1 Å². The van der Waals surface area contributed by atoms with E-state index in [1.165, 1.54) is 0 Å². The van der Waals surface area contributed by atoms with E-state index in [1.807, 2.05) is 18.2 Å². The van der Waals surface area contributed by atoms with Crippen LogP contribution in [0.25, 0.3) is 0 Å². The van der Waals surface area contributed by atoms with Crippen molar-refractivity contribution in [1.29, 1.82) is 0 Å². The van der Waals surface area contributed by atoms with Crippen molar-refractivity contribution in [3.8, 4) is 5.75 Å². The number of hydrogen-bond donors (Lipinski definition) is 2. The third-order valence-electron chi connectivity index (χ3n) is 4.01. The topological polar surface area (TPSA) is 50.7 Å². The van der Waals surface area contributed by atoms with Crippen molar-refractivity contribution in [3.63, 3.8) is 0 Å². The zero-order chi connectivity index (χ0) is 14.0. The van der Waals surface area contributed by atoms with E-state index >= 15 is 0 Å². The molecule has 5 heteroatoms. The van der Waals surface area contributed by atoms with Gasteiger partial charge in [-0.05, 0) is 23.8 Å². The summed E-state index contributed by atoms with van der Waals surface area (Å²) in [5.41, 5.74) is 0.529. The van der Waals surface area contributed by atoms with E-state index in [4.69, 9.17) is 21.1 Å². The lowest BCUT2D eigenvalue weighted by Gasteiger charge is -2.32. The van der Waals surface area contributed by atoms with Gasteiger partial charge in [0, 0.05) is 50.6 Å². The van der Waals surface area contributed by atoms with Gasteiger partial charge in [-0.1, -0.05) is 11.6 Å². The number of hydrogen-bond acceptors (Lipinski definition) is 4. The highest BCUT2D eigenvalue weighted by atomic mass is 35.5. The highest BCUT2D eigenvalue weighted by molar-refractivity contribution is 6.30. The number of ether oxygens (including phenoxy) is 2. The number of nitrogens with one attached hydrogen (secondary N) is 1. The Kier molecular flexibility index (Phi) is 4.17. The van der Waals surface area contributed by atoms with Crippen molar-refractivity contribution >= 4 is 11.6 Å². The van der Waals surface area contributed by atoms with Crippen LogP contribution in [0.2, 0.25) is 5.02 Å². The molecule has 1 aromatic rings. The molecule has 20 heavy (non-hydrogen) atoms. The van der Waals surface area contributed by atoms with Crippen LogP contribution in [0, 0.1) is 0 Å². The molecule has 0 aromatic heterocycles. The van der Waals surface area contributed by atoms with Gasteiger partial charge in [-0.15, -0.1) is 0 Å². The molecule has 0 bridgehead atoms. The van der Waals surface area contributed by atoms with E-state index in [1.54, 1.807) is 0 Å². The third kappa shape index (κ3) is 3.26. The van der Waals surface area contributed by atoms with Crippen molar-refractivity contribution in [2.75, 3.05) is 26.3 Å². The lowest BCUT2D eigenvalue weighted by Crippen LogP contribution is -2.47. The number of rotatable bonds is 4. The Balaban J connectivity index is 1.46. The first-order valence-corrected chi connectivity index (χ1v) is 7.48. The van der Waals surface area contributed by atoms with Crippen LogP contribution < -0.4 is 10.1 Å². The second-order valence-electron chi connectivity index (χ2n) is 5.66. The van der Waals surface area contributed by atoms with Crippen molar-refractivity contribution in [2.24, 2.45) is 0 Å². The molecule has 2 N–H and O–H groups in total. The molecule has 0 aliphatic carbocycles. The van der Waals surface area contributed by atoms with E-state index < -0.39 is 5.60 Å². The smallest absolute Gasteiger partial charge is 0.123 e. The molecule has 1 aromatic carbocycles. The van der Waals surface area contributed by atoms with E-state index in [9.17, 15) is 5.11 Å². The molecule has 0 amide bonds. The summed E-state index contributed by atoms with van der Waals surface area (Å²) in [5.74, 6) is 0.922. The normalized spacial score (nSPS) is 24.2. The fourth-order valence-electron chi connectivity index (χ4n) is 2.80. The fourth-order valence-corrected chi connectivity index (χ4v) is 2.99. The van der Waals surface area contributed by atoms with Crippen LogP contribution in [0.4, 0.5) is 0 Å². The molecule has 0 saturated carbocycles. The lowest BCUT2D eigenvalue weighted by atomic mass is 9.94. The molecule has 0 radical (unpaired) electrons. The Morgan fingerprint density at radius 2 is 2.15 bits per heavy atom. The van der Waals surface area contributed by atoms with Gasteiger partial charge in [0.15, 0.2) is 0 Å². The zero-order valence-electron chi connectivity index (χ0n) is 11.4. The molecule has 2 aliphatic heterocycles. The van der Waals surface area contributed by atoms with Gasteiger partial charge >= 0.3 is 0 Å². The van der Waals surface area contributed by atoms with Crippen LogP contribution in [0.1, 0.15) is 18.4 Å². The molecule has 2 heterocycles.